The third-order valence-electron chi connectivity index (χ3n) is 2.62. The Labute approximate surface area is 62.0 Å². The molecule has 1 unspecified atom stereocenters. The number of nitrogens with two attached hydrogens (primary N) is 1. The van der Waals surface area contributed by atoms with Gasteiger partial charge in [0.25, 0.3) is 0 Å². The Balaban J connectivity index is 2.57. The summed E-state index contributed by atoms with van der Waals surface area (Å²) in [5.74, 6) is 0. The highest BCUT2D eigenvalue weighted by Gasteiger charge is 2.41. The van der Waals surface area contributed by atoms with Crippen molar-refractivity contribution in [1.82, 2.24) is 0 Å². The van der Waals surface area contributed by atoms with Gasteiger partial charge in [0.1, 0.15) is 0 Å². The van der Waals surface area contributed by atoms with Gasteiger partial charge in [-0.15, -0.1) is 0 Å². The second kappa shape index (κ2) is 2.59. The molecule has 2 nitrogen and oxygen atoms in total. The maximum atomic E-state index is 8.81. The normalized spacial score (nSPS) is 24.5. The smallest absolute Gasteiger partial charge is 0.0724 e. The summed E-state index contributed by atoms with van der Waals surface area (Å²) in [5.41, 5.74) is 5.66. The van der Waals surface area contributed by atoms with Crippen LogP contribution in [-0.2, 0) is 0 Å². The Kier molecular flexibility index (Phi) is 1.96. The molecule has 1 rings (SSSR count). The molecule has 10 heavy (non-hydrogen) atoms. The average Bonchev–Trinajstić information content (AvgIpc) is 1.86. The molecule has 0 spiro atoms. The average molecular weight is 138 g/mol. The summed E-state index contributed by atoms with van der Waals surface area (Å²) in [6, 6.07) is 2.44. The highest BCUT2D eigenvalue weighted by molar-refractivity contribution is 5.09. The molecule has 2 N–H and O–H groups in total. The van der Waals surface area contributed by atoms with Crippen molar-refractivity contribution in [2.45, 2.75) is 38.6 Å². The van der Waals surface area contributed by atoms with E-state index in [1.54, 1.807) is 0 Å². The van der Waals surface area contributed by atoms with Crippen molar-refractivity contribution in [3.63, 3.8) is 0 Å². The first-order chi connectivity index (χ1) is 4.75. The van der Waals surface area contributed by atoms with Gasteiger partial charge in [0, 0.05) is 6.04 Å². The van der Waals surface area contributed by atoms with Gasteiger partial charge in [-0.2, -0.15) is 5.26 Å². The molecular weight excluding hydrogens is 124 g/mol. The minimum Gasteiger partial charge on any atom is -0.326 e. The van der Waals surface area contributed by atoms with Crippen LogP contribution in [0.25, 0.3) is 0 Å². The zero-order valence-electron chi connectivity index (χ0n) is 6.43. The highest BCUT2D eigenvalue weighted by Crippen LogP contribution is 2.43. The lowest BCUT2D eigenvalue weighted by Gasteiger charge is -2.39. The van der Waals surface area contributed by atoms with Gasteiger partial charge in [0.05, 0.1) is 11.5 Å². The van der Waals surface area contributed by atoms with E-state index in [2.05, 4.69) is 6.07 Å². The van der Waals surface area contributed by atoms with Crippen molar-refractivity contribution in [1.29, 1.82) is 5.26 Å². The molecule has 0 aromatic carbocycles. The Morgan fingerprint density at radius 2 is 2.30 bits per heavy atom. The lowest BCUT2D eigenvalue weighted by molar-refractivity contribution is 0.165. The summed E-state index contributed by atoms with van der Waals surface area (Å²) in [6.45, 7) is 2.04. The van der Waals surface area contributed by atoms with Gasteiger partial charge in [-0.05, 0) is 19.3 Å². The van der Waals surface area contributed by atoms with Crippen LogP contribution in [0.3, 0.4) is 0 Å². The molecule has 1 atom stereocenters. The zero-order chi connectivity index (χ0) is 7.61. The van der Waals surface area contributed by atoms with Crippen molar-refractivity contribution in [2.24, 2.45) is 11.1 Å². The van der Waals surface area contributed by atoms with Gasteiger partial charge in [-0.3, -0.25) is 0 Å². The second-order valence-corrected chi connectivity index (χ2v) is 3.14. The van der Waals surface area contributed by atoms with E-state index in [-0.39, 0.29) is 11.5 Å². The van der Waals surface area contributed by atoms with Crippen molar-refractivity contribution < 1.29 is 0 Å². The summed E-state index contributed by atoms with van der Waals surface area (Å²) < 4.78 is 0. The molecule has 0 aliphatic heterocycles. The largest absolute Gasteiger partial charge is 0.326 e. The molecule has 1 aliphatic rings. The summed E-state index contributed by atoms with van der Waals surface area (Å²) in [6.07, 6.45) is 4.13. The van der Waals surface area contributed by atoms with Crippen molar-refractivity contribution in [3.05, 3.63) is 0 Å². The maximum Gasteiger partial charge on any atom is 0.0724 e. The molecule has 1 fully saturated rings. The van der Waals surface area contributed by atoms with Crippen LogP contribution >= 0.6 is 0 Å². The standard InChI is InChI=1S/C8H14N2/c1-2-7(10)8(6-9)4-3-5-8/h7H,2-5,10H2,1H3. The molecule has 1 saturated carbocycles. The maximum absolute atomic E-state index is 8.81. The van der Waals surface area contributed by atoms with Gasteiger partial charge >= 0.3 is 0 Å². The second-order valence-electron chi connectivity index (χ2n) is 3.14. The summed E-state index contributed by atoms with van der Waals surface area (Å²) in [7, 11) is 0. The number of nitrogens with zero attached hydrogens (tertiary/aromatic N) is 1. The van der Waals surface area contributed by atoms with E-state index in [0.717, 1.165) is 19.3 Å². The lowest BCUT2D eigenvalue weighted by atomic mass is 9.65. The van der Waals surface area contributed by atoms with Gasteiger partial charge in [-0.25, -0.2) is 0 Å². The summed E-state index contributed by atoms with van der Waals surface area (Å²) in [5, 5.41) is 8.81. The molecule has 0 bridgehead atoms. The monoisotopic (exact) mass is 138 g/mol. The van der Waals surface area contributed by atoms with E-state index in [0.29, 0.717) is 0 Å². The van der Waals surface area contributed by atoms with Crippen molar-refractivity contribution in [3.8, 4) is 6.07 Å². The van der Waals surface area contributed by atoms with Crippen LogP contribution in [0.1, 0.15) is 32.6 Å². The molecule has 56 valence electrons. The van der Waals surface area contributed by atoms with Gasteiger partial charge in [0.2, 0.25) is 0 Å². The van der Waals surface area contributed by atoms with Crippen LogP contribution in [0.5, 0.6) is 0 Å². The first-order valence-corrected chi connectivity index (χ1v) is 3.92. The number of hydrogen-bond acceptors (Lipinski definition) is 2. The quantitative estimate of drug-likeness (QED) is 0.627. The SMILES string of the molecule is CCC(N)C1(C#N)CCC1. The lowest BCUT2D eigenvalue weighted by Crippen LogP contribution is -2.45. The van der Waals surface area contributed by atoms with Crippen LogP contribution in [0, 0.1) is 16.7 Å². The summed E-state index contributed by atoms with van der Waals surface area (Å²) in [4.78, 5) is 0. The number of hydrogen-bond donors (Lipinski definition) is 1. The first-order valence-electron chi connectivity index (χ1n) is 3.92. The van der Waals surface area contributed by atoms with E-state index in [9.17, 15) is 0 Å². The molecule has 0 aromatic heterocycles. The molecule has 0 aromatic rings. The van der Waals surface area contributed by atoms with E-state index < -0.39 is 0 Å². The third kappa shape index (κ3) is 0.911. The molecule has 0 heterocycles. The topological polar surface area (TPSA) is 49.8 Å². The molecule has 0 amide bonds. The number of rotatable bonds is 2. The van der Waals surface area contributed by atoms with E-state index in [1.165, 1.54) is 6.42 Å². The minimum atomic E-state index is -0.144. The minimum absolute atomic E-state index is 0.103. The molecule has 1 aliphatic carbocycles. The fraction of sp³-hybridized carbons (Fsp3) is 0.875. The Hall–Kier alpha value is -0.550. The van der Waals surface area contributed by atoms with Crippen molar-refractivity contribution >= 4 is 0 Å². The predicted molar refractivity (Wildman–Crippen MR) is 40.2 cm³/mol. The Bertz CT molecular complexity index is 153. The van der Waals surface area contributed by atoms with E-state index >= 15 is 0 Å². The molecule has 2 heteroatoms. The molecular formula is C8H14N2. The third-order valence-corrected chi connectivity index (χ3v) is 2.62. The summed E-state index contributed by atoms with van der Waals surface area (Å²) >= 11 is 0. The van der Waals surface area contributed by atoms with E-state index in [4.69, 9.17) is 11.0 Å². The first kappa shape index (κ1) is 7.56. The predicted octanol–water partition coefficient (Wildman–Crippen LogP) is 1.42. The van der Waals surface area contributed by atoms with Crippen LogP contribution < -0.4 is 5.73 Å². The van der Waals surface area contributed by atoms with Crippen LogP contribution in [-0.4, -0.2) is 6.04 Å². The molecule has 0 radical (unpaired) electrons. The number of nitriles is 1. The van der Waals surface area contributed by atoms with Crippen LogP contribution in [0.4, 0.5) is 0 Å². The van der Waals surface area contributed by atoms with Crippen molar-refractivity contribution in [2.75, 3.05) is 0 Å². The molecule has 0 saturated heterocycles. The van der Waals surface area contributed by atoms with Gasteiger partial charge in [0.15, 0.2) is 0 Å². The zero-order valence-corrected chi connectivity index (χ0v) is 6.43. The van der Waals surface area contributed by atoms with Gasteiger partial charge in [-0.1, -0.05) is 13.3 Å². The Morgan fingerprint density at radius 1 is 1.70 bits per heavy atom. The fourth-order valence-electron chi connectivity index (χ4n) is 1.51. The highest BCUT2D eigenvalue weighted by atomic mass is 14.7. The Morgan fingerprint density at radius 3 is 2.40 bits per heavy atom. The van der Waals surface area contributed by atoms with Crippen LogP contribution in [0.15, 0.2) is 0 Å². The van der Waals surface area contributed by atoms with E-state index in [1.807, 2.05) is 6.92 Å². The fourth-order valence-corrected chi connectivity index (χ4v) is 1.51. The van der Waals surface area contributed by atoms with Crippen LogP contribution in [0.2, 0.25) is 0 Å². The van der Waals surface area contributed by atoms with Gasteiger partial charge < -0.3 is 5.73 Å².